The highest BCUT2D eigenvalue weighted by Gasteiger charge is 2.08. The zero-order valence-corrected chi connectivity index (χ0v) is 15.1. The Labute approximate surface area is 153 Å². The van der Waals surface area contributed by atoms with Gasteiger partial charge >= 0.3 is 0 Å². The van der Waals surface area contributed by atoms with Crippen molar-refractivity contribution >= 4 is 17.5 Å². The van der Waals surface area contributed by atoms with Crippen LogP contribution in [0.1, 0.15) is 5.56 Å². The Hall–Kier alpha value is -3.28. The van der Waals surface area contributed by atoms with Gasteiger partial charge in [-0.05, 0) is 23.8 Å². The molecule has 0 aliphatic carbocycles. The number of aromatic nitrogens is 2. The van der Waals surface area contributed by atoms with Gasteiger partial charge in [0.15, 0.2) is 11.5 Å². The third-order valence-corrected chi connectivity index (χ3v) is 3.93. The summed E-state index contributed by atoms with van der Waals surface area (Å²) in [5.74, 6) is 2.69. The van der Waals surface area contributed by atoms with E-state index in [-0.39, 0.29) is 0 Å². The van der Waals surface area contributed by atoms with E-state index in [9.17, 15) is 0 Å². The van der Waals surface area contributed by atoms with Crippen molar-refractivity contribution in [1.29, 1.82) is 0 Å². The second-order valence-corrected chi connectivity index (χ2v) is 5.77. The highest BCUT2D eigenvalue weighted by atomic mass is 16.5. The zero-order chi connectivity index (χ0) is 18.4. The Bertz CT molecular complexity index is 855. The molecule has 1 heterocycles. The number of anilines is 3. The molecule has 0 radical (unpaired) electrons. The average molecular weight is 350 g/mol. The number of nitrogens with one attached hydrogen (secondary N) is 1. The maximum atomic E-state index is 5.33. The van der Waals surface area contributed by atoms with E-state index in [1.807, 2.05) is 49.5 Å². The van der Waals surface area contributed by atoms with Gasteiger partial charge in [-0.3, -0.25) is 0 Å². The third kappa shape index (κ3) is 4.22. The van der Waals surface area contributed by atoms with E-state index in [4.69, 9.17) is 9.47 Å². The summed E-state index contributed by atoms with van der Waals surface area (Å²) < 4.78 is 10.6. The fraction of sp³-hybridized carbons (Fsp3) is 0.200. The van der Waals surface area contributed by atoms with Crippen LogP contribution in [0.15, 0.2) is 60.8 Å². The molecule has 0 bridgehead atoms. The molecule has 6 nitrogen and oxygen atoms in total. The molecule has 0 aliphatic heterocycles. The lowest BCUT2D eigenvalue weighted by atomic mass is 10.2. The van der Waals surface area contributed by atoms with Gasteiger partial charge in [-0.1, -0.05) is 30.3 Å². The van der Waals surface area contributed by atoms with Gasteiger partial charge in [0.1, 0.15) is 5.82 Å². The van der Waals surface area contributed by atoms with Crippen molar-refractivity contribution in [3.63, 3.8) is 0 Å². The summed E-state index contributed by atoms with van der Waals surface area (Å²) in [6.45, 7) is 0.771. The summed E-state index contributed by atoms with van der Waals surface area (Å²) in [6, 6.07) is 17.8. The van der Waals surface area contributed by atoms with Crippen LogP contribution in [0.4, 0.5) is 17.5 Å². The molecule has 0 atom stereocenters. The third-order valence-electron chi connectivity index (χ3n) is 3.93. The molecule has 3 rings (SSSR count). The fourth-order valence-electron chi connectivity index (χ4n) is 2.60. The van der Waals surface area contributed by atoms with Crippen LogP contribution < -0.4 is 19.7 Å². The fourth-order valence-corrected chi connectivity index (χ4v) is 2.60. The van der Waals surface area contributed by atoms with Crippen molar-refractivity contribution < 1.29 is 9.47 Å². The Morgan fingerprint density at radius 3 is 2.46 bits per heavy atom. The normalized spacial score (nSPS) is 10.3. The van der Waals surface area contributed by atoms with Crippen LogP contribution >= 0.6 is 0 Å². The van der Waals surface area contributed by atoms with Gasteiger partial charge in [0.2, 0.25) is 5.95 Å². The maximum Gasteiger partial charge on any atom is 0.229 e. The number of nitrogens with zero attached hydrogens (tertiary/aromatic N) is 3. The van der Waals surface area contributed by atoms with Gasteiger partial charge in [0.05, 0.1) is 14.2 Å². The van der Waals surface area contributed by atoms with Gasteiger partial charge in [-0.25, -0.2) is 4.98 Å². The molecule has 0 amide bonds. The summed E-state index contributed by atoms with van der Waals surface area (Å²) in [5.41, 5.74) is 2.05. The summed E-state index contributed by atoms with van der Waals surface area (Å²) >= 11 is 0. The molecule has 3 aromatic rings. The number of methoxy groups -OCH3 is 2. The van der Waals surface area contributed by atoms with Gasteiger partial charge in [0.25, 0.3) is 0 Å². The summed E-state index contributed by atoms with van der Waals surface area (Å²) in [6.07, 6.45) is 1.74. The molecule has 0 fully saturated rings. The summed E-state index contributed by atoms with van der Waals surface area (Å²) in [4.78, 5) is 11.0. The molecule has 1 aromatic heterocycles. The van der Waals surface area contributed by atoms with E-state index in [1.165, 1.54) is 5.56 Å². The number of hydrogen-bond donors (Lipinski definition) is 1. The van der Waals surface area contributed by atoms with Crippen LogP contribution in [-0.2, 0) is 6.54 Å². The summed E-state index contributed by atoms with van der Waals surface area (Å²) in [5, 5.41) is 3.20. The molecule has 1 N–H and O–H groups in total. The largest absolute Gasteiger partial charge is 0.493 e. The minimum absolute atomic E-state index is 0.523. The highest BCUT2D eigenvalue weighted by Crippen LogP contribution is 2.30. The van der Waals surface area contributed by atoms with Crippen molar-refractivity contribution in [2.75, 3.05) is 31.5 Å². The second-order valence-electron chi connectivity index (χ2n) is 5.77. The van der Waals surface area contributed by atoms with E-state index in [0.717, 1.165) is 18.1 Å². The molecule has 6 heteroatoms. The number of rotatable bonds is 7. The topological polar surface area (TPSA) is 59.5 Å². The standard InChI is InChI=1S/C20H22N4O2/c1-24(14-15-7-5-4-6-8-15)19-11-12-21-20(23-19)22-16-9-10-17(25-2)18(13-16)26-3/h4-13H,14H2,1-3H3,(H,21,22,23). The molecule has 0 saturated carbocycles. The molecule has 0 unspecified atom stereocenters. The van der Waals surface area contributed by atoms with Crippen molar-refractivity contribution in [2.24, 2.45) is 0 Å². The molecule has 0 saturated heterocycles. The van der Waals surface area contributed by atoms with E-state index in [0.29, 0.717) is 17.4 Å². The van der Waals surface area contributed by atoms with Crippen molar-refractivity contribution in [3.05, 3.63) is 66.4 Å². The van der Waals surface area contributed by atoms with Crippen molar-refractivity contribution in [3.8, 4) is 11.5 Å². The monoisotopic (exact) mass is 350 g/mol. The minimum atomic E-state index is 0.523. The lowest BCUT2D eigenvalue weighted by Gasteiger charge is -2.19. The Kier molecular flexibility index (Phi) is 5.53. The molecular weight excluding hydrogens is 328 g/mol. The predicted octanol–water partition coefficient (Wildman–Crippen LogP) is 3.87. The number of hydrogen-bond acceptors (Lipinski definition) is 6. The molecule has 0 spiro atoms. The first-order valence-electron chi connectivity index (χ1n) is 8.27. The average Bonchev–Trinajstić information content (AvgIpc) is 2.69. The van der Waals surface area contributed by atoms with Gasteiger partial charge in [0, 0.05) is 31.5 Å². The first-order valence-corrected chi connectivity index (χ1v) is 8.27. The quantitative estimate of drug-likeness (QED) is 0.698. The van der Waals surface area contributed by atoms with Gasteiger partial charge < -0.3 is 19.7 Å². The van der Waals surface area contributed by atoms with E-state index >= 15 is 0 Å². The van der Waals surface area contributed by atoms with E-state index in [2.05, 4.69) is 32.3 Å². The van der Waals surface area contributed by atoms with Crippen LogP contribution in [0.3, 0.4) is 0 Å². The molecule has 26 heavy (non-hydrogen) atoms. The zero-order valence-electron chi connectivity index (χ0n) is 15.1. The van der Waals surface area contributed by atoms with Crippen molar-refractivity contribution in [1.82, 2.24) is 9.97 Å². The second kappa shape index (κ2) is 8.20. The van der Waals surface area contributed by atoms with Crippen LogP contribution in [0.25, 0.3) is 0 Å². The Morgan fingerprint density at radius 2 is 1.73 bits per heavy atom. The first kappa shape index (κ1) is 17.5. The molecular formula is C20H22N4O2. The smallest absolute Gasteiger partial charge is 0.229 e. The van der Waals surface area contributed by atoms with Crippen LogP contribution in [-0.4, -0.2) is 31.2 Å². The maximum absolute atomic E-state index is 5.33. The summed E-state index contributed by atoms with van der Waals surface area (Å²) in [7, 11) is 5.23. The minimum Gasteiger partial charge on any atom is -0.493 e. The molecule has 2 aromatic carbocycles. The Morgan fingerprint density at radius 1 is 0.962 bits per heavy atom. The lowest BCUT2D eigenvalue weighted by Crippen LogP contribution is -2.18. The predicted molar refractivity (Wildman–Crippen MR) is 103 cm³/mol. The number of ether oxygens (including phenoxy) is 2. The van der Waals surface area contributed by atoms with Crippen LogP contribution in [0, 0.1) is 0 Å². The van der Waals surface area contributed by atoms with Crippen LogP contribution in [0.2, 0.25) is 0 Å². The Balaban J connectivity index is 1.75. The van der Waals surface area contributed by atoms with E-state index < -0.39 is 0 Å². The highest BCUT2D eigenvalue weighted by molar-refractivity contribution is 5.60. The van der Waals surface area contributed by atoms with Crippen LogP contribution in [0.5, 0.6) is 11.5 Å². The van der Waals surface area contributed by atoms with E-state index in [1.54, 1.807) is 20.4 Å². The van der Waals surface area contributed by atoms with Gasteiger partial charge in [-0.15, -0.1) is 0 Å². The first-order chi connectivity index (χ1) is 12.7. The van der Waals surface area contributed by atoms with Gasteiger partial charge in [-0.2, -0.15) is 4.98 Å². The SMILES string of the molecule is COc1ccc(Nc2nccc(N(C)Cc3ccccc3)n2)cc1OC. The molecule has 0 aliphatic rings. The lowest BCUT2D eigenvalue weighted by molar-refractivity contribution is 0.355. The molecule has 134 valence electrons. The number of benzene rings is 2. The van der Waals surface area contributed by atoms with Crippen molar-refractivity contribution in [2.45, 2.75) is 6.54 Å².